The summed E-state index contributed by atoms with van der Waals surface area (Å²) in [5.74, 6) is 0.360. The molecule has 4 nitrogen and oxygen atoms in total. The van der Waals surface area contributed by atoms with Crippen molar-refractivity contribution in [3.8, 4) is 0 Å². The minimum Gasteiger partial charge on any atom is -0.394 e. The van der Waals surface area contributed by atoms with Crippen molar-refractivity contribution in [3.63, 3.8) is 0 Å². The quantitative estimate of drug-likeness (QED) is 0.897. The van der Waals surface area contributed by atoms with E-state index in [1.54, 1.807) is 12.3 Å². The lowest BCUT2D eigenvalue weighted by Gasteiger charge is -2.39. The first-order valence-electron chi connectivity index (χ1n) is 6.58. The highest BCUT2D eigenvalue weighted by atomic mass is 79.9. The number of pyridine rings is 1. The van der Waals surface area contributed by atoms with Gasteiger partial charge in [0.25, 0.3) is 5.91 Å². The molecule has 0 radical (unpaired) electrons. The van der Waals surface area contributed by atoms with E-state index in [9.17, 15) is 9.90 Å². The van der Waals surface area contributed by atoms with Crippen LogP contribution in [-0.2, 0) is 0 Å². The van der Waals surface area contributed by atoms with Gasteiger partial charge >= 0.3 is 0 Å². The molecule has 2 atom stereocenters. The Morgan fingerprint density at radius 2 is 2.42 bits per heavy atom. The molecule has 1 saturated carbocycles. The minimum absolute atomic E-state index is 0.00941. The summed E-state index contributed by atoms with van der Waals surface area (Å²) in [6, 6.07) is 1.74. The molecule has 1 amide bonds. The fraction of sp³-hybridized carbons (Fsp3) is 0.571. The molecule has 19 heavy (non-hydrogen) atoms. The maximum absolute atomic E-state index is 12.3. The molecule has 0 aromatic carbocycles. The highest BCUT2D eigenvalue weighted by Gasteiger charge is 2.35. The standard InChI is InChI=1S/C14H19BrN2O2/c1-10-3-2-4-14(6-10,9-18)17-13(19)11-5-12(15)8-16-7-11/h5,7-8,10,18H,2-4,6,9H2,1H3,(H,17,19). The average molecular weight is 327 g/mol. The van der Waals surface area contributed by atoms with Crippen molar-refractivity contribution < 1.29 is 9.90 Å². The number of aromatic nitrogens is 1. The van der Waals surface area contributed by atoms with Gasteiger partial charge in [-0.05, 0) is 40.8 Å². The number of carbonyl (C=O) groups excluding carboxylic acids is 1. The second-order valence-corrected chi connectivity index (χ2v) is 6.40. The molecule has 0 saturated heterocycles. The Morgan fingerprint density at radius 3 is 3.05 bits per heavy atom. The molecular weight excluding hydrogens is 308 g/mol. The summed E-state index contributed by atoms with van der Waals surface area (Å²) in [6.45, 7) is 2.15. The van der Waals surface area contributed by atoms with Crippen molar-refractivity contribution in [2.45, 2.75) is 38.1 Å². The van der Waals surface area contributed by atoms with Crippen molar-refractivity contribution in [3.05, 3.63) is 28.5 Å². The molecule has 104 valence electrons. The molecule has 0 bridgehead atoms. The molecule has 0 aliphatic heterocycles. The second kappa shape index (κ2) is 6.01. The van der Waals surface area contributed by atoms with Crippen LogP contribution < -0.4 is 5.32 Å². The molecule has 1 heterocycles. The minimum atomic E-state index is -0.475. The number of halogens is 1. The van der Waals surface area contributed by atoms with E-state index in [0.717, 1.165) is 30.2 Å². The van der Waals surface area contributed by atoms with Crippen LogP contribution in [0.3, 0.4) is 0 Å². The van der Waals surface area contributed by atoms with Gasteiger partial charge in [0.05, 0.1) is 17.7 Å². The average Bonchev–Trinajstić information content (AvgIpc) is 2.38. The number of aliphatic hydroxyl groups excluding tert-OH is 1. The van der Waals surface area contributed by atoms with Crippen molar-refractivity contribution in [2.24, 2.45) is 5.92 Å². The van der Waals surface area contributed by atoms with E-state index < -0.39 is 5.54 Å². The molecule has 2 unspecified atom stereocenters. The lowest BCUT2D eigenvalue weighted by Crippen LogP contribution is -2.53. The van der Waals surface area contributed by atoms with Gasteiger partial charge in [0, 0.05) is 16.9 Å². The maximum atomic E-state index is 12.3. The Hall–Kier alpha value is -0.940. The summed E-state index contributed by atoms with van der Waals surface area (Å²) in [6.07, 6.45) is 7.05. The van der Waals surface area contributed by atoms with E-state index in [2.05, 4.69) is 33.2 Å². The zero-order chi connectivity index (χ0) is 13.9. The third-order valence-electron chi connectivity index (χ3n) is 3.74. The first kappa shape index (κ1) is 14.5. The molecule has 5 heteroatoms. The lowest BCUT2D eigenvalue weighted by atomic mass is 9.76. The predicted molar refractivity (Wildman–Crippen MR) is 76.9 cm³/mol. The number of carbonyl (C=O) groups is 1. The van der Waals surface area contributed by atoms with Crippen LogP contribution in [0.2, 0.25) is 0 Å². The van der Waals surface area contributed by atoms with Crippen LogP contribution in [0.5, 0.6) is 0 Å². The van der Waals surface area contributed by atoms with E-state index in [4.69, 9.17) is 0 Å². The normalized spacial score (nSPS) is 27.0. The number of hydrogen-bond donors (Lipinski definition) is 2. The second-order valence-electron chi connectivity index (χ2n) is 5.49. The Kier molecular flexibility index (Phi) is 4.58. The Balaban J connectivity index is 2.12. The smallest absolute Gasteiger partial charge is 0.253 e. The van der Waals surface area contributed by atoms with Crippen LogP contribution in [0.4, 0.5) is 0 Å². The summed E-state index contributed by atoms with van der Waals surface area (Å²) in [7, 11) is 0. The summed E-state index contributed by atoms with van der Waals surface area (Å²) in [5.41, 5.74) is 0.0392. The fourth-order valence-electron chi connectivity index (χ4n) is 2.81. The number of nitrogens with zero attached hydrogens (tertiary/aromatic N) is 1. The van der Waals surface area contributed by atoms with Gasteiger partial charge in [-0.15, -0.1) is 0 Å². The molecule has 1 aromatic rings. The number of amides is 1. The van der Waals surface area contributed by atoms with Gasteiger partial charge in [0.15, 0.2) is 0 Å². The zero-order valence-corrected chi connectivity index (χ0v) is 12.6. The molecule has 1 aliphatic carbocycles. The zero-order valence-electron chi connectivity index (χ0n) is 11.0. The third-order valence-corrected chi connectivity index (χ3v) is 4.17. The molecule has 0 spiro atoms. The van der Waals surface area contributed by atoms with Crippen LogP contribution >= 0.6 is 15.9 Å². The van der Waals surface area contributed by atoms with Gasteiger partial charge < -0.3 is 10.4 Å². The summed E-state index contributed by atoms with van der Waals surface area (Å²) in [5, 5.41) is 12.7. The molecule has 2 rings (SSSR count). The number of rotatable bonds is 3. The van der Waals surface area contributed by atoms with Crippen LogP contribution in [0.1, 0.15) is 43.0 Å². The summed E-state index contributed by atoms with van der Waals surface area (Å²) < 4.78 is 0.773. The number of aliphatic hydroxyl groups is 1. The van der Waals surface area contributed by atoms with Gasteiger partial charge in [0.2, 0.25) is 0 Å². The van der Waals surface area contributed by atoms with Crippen LogP contribution in [0, 0.1) is 5.92 Å². The SMILES string of the molecule is CC1CCCC(CO)(NC(=O)c2cncc(Br)c2)C1. The number of nitrogens with one attached hydrogen (secondary N) is 1. The van der Waals surface area contributed by atoms with Gasteiger partial charge in [-0.25, -0.2) is 0 Å². The molecule has 2 N–H and O–H groups in total. The van der Waals surface area contributed by atoms with Crippen molar-refractivity contribution in [1.29, 1.82) is 0 Å². The highest BCUT2D eigenvalue weighted by Crippen LogP contribution is 2.32. The van der Waals surface area contributed by atoms with E-state index in [1.807, 2.05) is 0 Å². The van der Waals surface area contributed by atoms with Gasteiger partial charge in [-0.3, -0.25) is 9.78 Å². The Morgan fingerprint density at radius 1 is 1.63 bits per heavy atom. The van der Waals surface area contributed by atoms with E-state index in [-0.39, 0.29) is 12.5 Å². The Labute approximate surface area is 121 Å². The Bertz CT molecular complexity index is 467. The predicted octanol–water partition coefficient (Wildman–Crippen LogP) is 2.52. The first-order valence-corrected chi connectivity index (χ1v) is 7.38. The third kappa shape index (κ3) is 3.54. The molecule has 1 aliphatic rings. The first-order chi connectivity index (χ1) is 9.04. The van der Waals surface area contributed by atoms with Crippen molar-refractivity contribution in [1.82, 2.24) is 10.3 Å². The molecular formula is C14H19BrN2O2. The maximum Gasteiger partial charge on any atom is 0.253 e. The van der Waals surface area contributed by atoms with Gasteiger partial charge in [-0.1, -0.05) is 19.8 Å². The fourth-order valence-corrected chi connectivity index (χ4v) is 3.17. The topological polar surface area (TPSA) is 62.2 Å². The van der Waals surface area contributed by atoms with E-state index in [0.29, 0.717) is 11.5 Å². The van der Waals surface area contributed by atoms with Crippen molar-refractivity contribution in [2.75, 3.05) is 6.61 Å². The summed E-state index contributed by atoms with van der Waals surface area (Å²) in [4.78, 5) is 16.2. The van der Waals surface area contributed by atoms with Crippen LogP contribution in [-0.4, -0.2) is 28.1 Å². The monoisotopic (exact) mass is 326 g/mol. The van der Waals surface area contributed by atoms with Crippen LogP contribution in [0.25, 0.3) is 0 Å². The summed E-state index contributed by atoms with van der Waals surface area (Å²) >= 11 is 3.30. The van der Waals surface area contributed by atoms with Gasteiger partial charge in [-0.2, -0.15) is 0 Å². The van der Waals surface area contributed by atoms with Gasteiger partial charge in [0.1, 0.15) is 0 Å². The largest absolute Gasteiger partial charge is 0.394 e. The lowest BCUT2D eigenvalue weighted by molar-refractivity contribution is 0.0696. The highest BCUT2D eigenvalue weighted by molar-refractivity contribution is 9.10. The van der Waals surface area contributed by atoms with Crippen molar-refractivity contribution >= 4 is 21.8 Å². The van der Waals surface area contributed by atoms with Crippen LogP contribution in [0.15, 0.2) is 22.9 Å². The molecule has 1 fully saturated rings. The number of hydrogen-bond acceptors (Lipinski definition) is 3. The molecule has 1 aromatic heterocycles. The van der Waals surface area contributed by atoms with E-state index >= 15 is 0 Å². The van der Waals surface area contributed by atoms with E-state index in [1.165, 1.54) is 6.20 Å².